The number of H-pyrrole nitrogens is 1. The Bertz CT molecular complexity index is 1010. The molecule has 9 heteroatoms. The summed E-state index contributed by atoms with van der Waals surface area (Å²) in [6, 6.07) is 3.11. The molecule has 5 nitrogen and oxygen atoms in total. The van der Waals surface area contributed by atoms with Crippen LogP contribution in [0.3, 0.4) is 0 Å². The zero-order chi connectivity index (χ0) is 19.1. The molecule has 0 fully saturated rings. The van der Waals surface area contributed by atoms with Crippen LogP contribution in [-0.4, -0.2) is 19.5 Å². The summed E-state index contributed by atoms with van der Waals surface area (Å²) in [5.41, 5.74) is -0.523. The van der Waals surface area contributed by atoms with Gasteiger partial charge in [-0.2, -0.15) is 13.2 Å². The van der Waals surface area contributed by atoms with Crippen molar-refractivity contribution in [2.24, 2.45) is 0 Å². The predicted molar refractivity (Wildman–Crippen MR) is 86.0 cm³/mol. The van der Waals surface area contributed by atoms with Crippen molar-refractivity contribution in [1.82, 2.24) is 19.5 Å². The molecule has 1 atom stereocenters. The summed E-state index contributed by atoms with van der Waals surface area (Å²) in [6.45, 7) is 3.26. The summed E-state index contributed by atoms with van der Waals surface area (Å²) in [5, 5.41) is 0. The monoisotopic (exact) mass is 366 g/mol. The van der Waals surface area contributed by atoms with Gasteiger partial charge in [0, 0.05) is 17.8 Å². The van der Waals surface area contributed by atoms with Gasteiger partial charge in [0.2, 0.25) is 0 Å². The van der Waals surface area contributed by atoms with Crippen LogP contribution >= 0.6 is 0 Å². The lowest BCUT2D eigenvalue weighted by Crippen LogP contribution is -2.10. The molecule has 0 saturated carbocycles. The summed E-state index contributed by atoms with van der Waals surface area (Å²) in [4.78, 5) is 22.4. The van der Waals surface area contributed by atoms with Gasteiger partial charge in [-0.1, -0.05) is 6.07 Å². The zero-order valence-corrected chi connectivity index (χ0v) is 13.8. The first-order chi connectivity index (χ1) is 12.1. The van der Waals surface area contributed by atoms with E-state index in [9.17, 15) is 22.4 Å². The minimum Gasteiger partial charge on any atom is -0.329 e. The molecule has 2 heterocycles. The Labute approximate surface area is 145 Å². The molecule has 1 N–H and O–H groups in total. The van der Waals surface area contributed by atoms with Crippen LogP contribution < -0.4 is 5.56 Å². The molecule has 0 spiro atoms. The first-order valence-electron chi connectivity index (χ1n) is 7.63. The van der Waals surface area contributed by atoms with E-state index >= 15 is 0 Å². The number of hydrogen-bond donors (Lipinski definition) is 1. The average Bonchev–Trinajstić information content (AvgIpc) is 3.02. The highest BCUT2D eigenvalue weighted by Gasteiger charge is 2.31. The maximum absolute atomic E-state index is 14.2. The van der Waals surface area contributed by atoms with Gasteiger partial charge in [-0.05, 0) is 26.0 Å². The van der Waals surface area contributed by atoms with Gasteiger partial charge in [-0.25, -0.2) is 14.4 Å². The van der Waals surface area contributed by atoms with Crippen LogP contribution in [0.15, 0.2) is 41.6 Å². The van der Waals surface area contributed by atoms with Gasteiger partial charge in [0.15, 0.2) is 0 Å². The van der Waals surface area contributed by atoms with Crippen molar-refractivity contribution in [3.8, 4) is 11.4 Å². The standard InChI is InChI=1S/C17H14F4N4O/c1-9(12-4-3-11(5-13(12)18)17(19,20)21)25-7-15(22-8-25)14-6-16(26)24-10(2)23-14/h3-9H,1-2H3,(H,23,24,26). The number of nitrogens with one attached hydrogen (secondary N) is 1. The molecule has 0 radical (unpaired) electrons. The second-order valence-corrected chi connectivity index (χ2v) is 5.83. The first-order valence-corrected chi connectivity index (χ1v) is 7.63. The molecule has 26 heavy (non-hydrogen) atoms. The van der Waals surface area contributed by atoms with Crippen molar-refractivity contribution in [2.75, 3.05) is 0 Å². The number of nitrogens with zero attached hydrogens (tertiary/aromatic N) is 3. The van der Waals surface area contributed by atoms with Gasteiger partial charge in [0.25, 0.3) is 5.56 Å². The number of rotatable bonds is 3. The smallest absolute Gasteiger partial charge is 0.329 e. The molecule has 3 aromatic rings. The minimum atomic E-state index is -4.60. The summed E-state index contributed by atoms with van der Waals surface area (Å²) < 4.78 is 53.7. The lowest BCUT2D eigenvalue weighted by Gasteiger charge is -2.16. The van der Waals surface area contributed by atoms with E-state index in [1.165, 1.54) is 12.4 Å². The van der Waals surface area contributed by atoms with Crippen molar-refractivity contribution in [3.63, 3.8) is 0 Å². The number of halogens is 4. The SMILES string of the molecule is Cc1nc(-c2cn(C(C)c3ccc(C(F)(F)F)cc3F)cn2)cc(=O)[nH]1. The molecule has 1 aromatic carbocycles. The van der Waals surface area contributed by atoms with Crippen LogP contribution in [0, 0.1) is 12.7 Å². The maximum Gasteiger partial charge on any atom is 0.416 e. The molecular formula is C17H14F4N4O. The van der Waals surface area contributed by atoms with E-state index in [0.717, 1.165) is 12.1 Å². The molecule has 0 bridgehead atoms. The fraction of sp³-hybridized carbons (Fsp3) is 0.235. The third-order valence-electron chi connectivity index (χ3n) is 3.95. The molecular weight excluding hydrogens is 352 g/mol. The molecule has 1 unspecified atom stereocenters. The van der Waals surface area contributed by atoms with Crippen LogP contribution in [0.1, 0.15) is 29.9 Å². The van der Waals surface area contributed by atoms with Crippen LogP contribution in [0.2, 0.25) is 0 Å². The third kappa shape index (κ3) is 3.51. The largest absolute Gasteiger partial charge is 0.416 e. The molecule has 0 aliphatic heterocycles. The fourth-order valence-electron chi connectivity index (χ4n) is 2.59. The van der Waals surface area contributed by atoms with Crippen molar-refractivity contribution in [1.29, 1.82) is 0 Å². The van der Waals surface area contributed by atoms with Gasteiger partial charge in [0.1, 0.15) is 17.3 Å². The summed E-state index contributed by atoms with van der Waals surface area (Å²) in [7, 11) is 0. The Balaban J connectivity index is 1.93. The van der Waals surface area contributed by atoms with E-state index in [1.54, 1.807) is 24.6 Å². The van der Waals surface area contributed by atoms with Gasteiger partial charge in [-0.15, -0.1) is 0 Å². The van der Waals surface area contributed by atoms with E-state index in [1.807, 2.05) is 0 Å². The lowest BCUT2D eigenvalue weighted by molar-refractivity contribution is -0.137. The van der Waals surface area contributed by atoms with Crippen molar-refractivity contribution >= 4 is 0 Å². The van der Waals surface area contributed by atoms with Crippen molar-refractivity contribution in [2.45, 2.75) is 26.1 Å². The Morgan fingerprint density at radius 3 is 2.54 bits per heavy atom. The van der Waals surface area contributed by atoms with Crippen LogP contribution in [0.5, 0.6) is 0 Å². The molecule has 0 amide bonds. The molecule has 3 rings (SSSR count). The number of hydrogen-bond acceptors (Lipinski definition) is 3. The number of aromatic nitrogens is 4. The second-order valence-electron chi connectivity index (χ2n) is 5.83. The first kappa shape index (κ1) is 17.8. The topological polar surface area (TPSA) is 63.6 Å². The lowest BCUT2D eigenvalue weighted by atomic mass is 10.0. The quantitative estimate of drug-likeness (QED) is 0.719. The Morgan fingerprint density at radius 2 is 1.92 bits per heavy atom. The number of aryl methyl sites for hydroxylation is 1. The summed E-state index contributed by atoms with van der Waals surface area (Å²) in [5.74, 6) is -0.531. The number of benzene rings is 1. The van der Waals surface area contributed by atoms with E-state index in [0.29, 0.717) is 23.3 Å². The Kier molecular flexibility index (Phi) is 4.39. The molecule has 0 aliphatic rings. The third-order valence-corrected chi connectivity index (χ3v) is 3.95. The zero-order valence-electron chi connectivity index (χ0n) is 13.8. The predicted octanol–water partition coefficient (Wildman–Crippen LogP) is 3.71. The van der Waals surface area contributed by atoms with E-state index < -0.39 is 23.6 Å². The molecule has 0 aliphatic carbocycles. The number of imidazole rings is 1. The minimum absolute atomic E-state index is 0.0944. The fourth-order valence-corrected chi connectivity index (χ4v) is 2.59. The van der Waals surface area contributed by atoms with E-state index in [2.05, 4.69) is 15.0 Å². The molecule has 2 aromatic heterocycles. The van der Waals surface area contributed by atoms with Crippen LogP contribution in [0.4, 0.5) is 17.6 Å². The highest BCUT2D eigenvalue weighted by molar-refractivity contribution is 5.52. The van der Waals surface area contributed by atoms with Crippen molar-refractivity contribution < 1.29 is 17.6 Å². The van der Waals surface area contributed by atoms with Crippen LogP contribution in [-0.2, 0) is 6.18 Å². The van der Waals surface area contributed by atoms with Gasteiger partial charge in [0.05, 0.1) is 23.6 Å². The molecule has 0 saturated heterocycles. The normalized spacial score (nSPS) is 13.0. The number of aromatic amines is 1. The van der Waals surface area contributed by atoms with Crippen molar-refractivity contribution in [3.05, 3.63) is 69.9 Å². The van der Waals surface area contributed by atoms with E-state index in [-0.39, 0.29) is 11.1 Å². The highest BCUT2D eigenvalue weighted by Crippen LogP contribution is 2.32. The maximum atomic E-state index is 14.2. The van der Waals surface area contributed by atoms with Gasteiger partial charge < -0.3 is 9.55 Å². The summed E-state index contributed by atoms with van der Waals surface area (Å²) >= 11 is 0. The summed E-state index contributed by atoms with van der Waals surface area (Å²) in [6.07, 6.45) is -1.63. The Hall–Kier alpha value is -2.97. The average molecular weight is 366 g/mol. The van der Waals surface area contributed by atoms with E-state index in [4.69, 9.17) is 0 Å². The van der Waals surface area contributed by atoms with Crippen LogP contribution in [0.25, 0.3) is 11.4 Å². The second kappa shape index (κ2) is 6.40. The Morgan fingerprint density at radius 1 is 1.19 bits per heavy atom. The number of alkyl halides is 3. The molecule has 136 valence electrons. The highest BCUT2D eigenvalue weighted by atomic mass is 19.4. The van der Waals surface area contributed by atoms with Gasteiger partial charge in [-0.3, -0.25) is 4.79 Å². The van der Waals surface area contributed by atoms with Gasteiger partial charge >= 0.3 is 6.18 Å².